The molecule has 0 atom stereocenters. The molecule has 0 aliphatic rings. The van der Waals surface area contributed by atoms with Crippen molar-refractivity contribution in [2.45, 2.75) is 0 Å². The Morgan fingerprint density at radius 1 is 1.50 bits per heavy atom. The molecule has 0 fully saturated rings. The van der Waals surface area contributed by atoms with Crippen molar-refractivity contribution in [3.8, 4) is 0 Å². The first-order valence-corrected chi connectivity index (χ1v) is 2.76. The molecular weight excluding hydrogens is 203 g/mol. The van der Waals surface area contributed by atoms with Crippen LogP contribution >= 0.6 is 0 Å². The molecule has 0 aliphatic carbocycles. The van der Waals surface area contributed by atoms with Gasteiger partial charge >= 0.3 is 0 Å². The van der Waals surface area contributed by atoms with E-state index in [1.54, 1.807) is 0 Å². The van der Waals surface area contributed by atoms with E-state index in [9.17, 15) is 4.79 Å². The molecule has 0 N–H and O–H groups in total. The first-order valence-electron chi connectivity index (χ1n) is 2.76. The summed E-state index contributed by atoms with van der Waals surface area (Å²) in [5.41, 5.74) is 0. The molecule has 0 unspecified atom stereocenters. The van der Waals surface area contributed by atoms with E-state index in [4.69, 9.17) is 0 Å². The molecule has 0 aromatic rings. The van der Waals surface area contributed by atoms with Crippen LogP contribution in [0.3, 0.4) is 0 Å². The summed E-state index contributed by atoms with van der Waals surface area (Å²) >= 11 is 0. The molecule has 0 aromatic heterocycles. The Balaban J connectivity index is 0. The number of nitrogens with zero attached hydrogens (tertiary/aromatic N) is 1. The zero-order valence-corrected chi connectivity index (χ0v) is 8.88. The number of carbonyl (C=O) groups excluding carboxylic acids is 1. The van der Waals surface area contributed by atoms with E-state index < -0.39 is 0 Å². The second kappa shape index (κ2) is 7.42. The minimum Gasteiger partial charge on any atom is -0.399 e. The topological polar surface area (TPSA) is 20.3 Å². The zero-order chi connectivity index (χ0) is 7.28. The molecule has 1 radical (unpaired) electrons. The normalized spacial score (nSPS) is 7.80. The zero-order valence-electron chi connectivity index (χ0n) is 6.05. The molecule has 0 bridgehead atoms. The summed E-state index contributed by atoms with van der Waals surface area (Å²) in [7, 11) is 0. The standard InChI is InChI=1S/C7H11NO.Y/c1-4-7(9)8(5-2)6-3;/h4H,1-3,5-6H2;/q-2;. The van der Waals surface area contributed by atoms with Crippen LogP contribution in [0.5, 0.6) is 0 Å². The number of carbonyl (C=O) groups is 1. The van der Waals surface area contributed by atoms with Crippen molar-refractivity contribution in [2.75, 3.05) is 13.1 Å². The predicted molar refractivity (Wildman–Crippen MR) is 37.5 cm³/mol. The van der Waals surface area contributed by atoms with Crippen LogP contribution in [0, 0.1) is 13.8 Å². The van der Waals surface area contributed by atoms with Crippen molar-refractivity contribution in [3.05, 3.63) is 26.5 Å². The summed E-state index contributed by atoms with van der Waals surface area (Å²) in [6.45, 7) is 11.3. The van der Waals surface area contributed by atoms with Gasteiger partial charge in [0.1, 0.15) is 0 Å². The van der Waals surface area contributed by atoms with E-state index in [0.29, 0.717) is 13.1 Å². The average molecular weight is 214 g/mol. The van der Waals surface area contributed by atoms with Gasteiger partial charge in [-0.3, -0.25) is 4.79 Å². The van der Waals surface area contributed by atoms with Crippen LogP contribution in [0.2, 0.25) is 0 Å². The van der Waals surface area contributed by atoms with Gasteiger partial charge in [0.05, 0.1) is 0 Å². The fourth-order valence-electron chi connectivity index (χ4n) is 0.461. The van der Waals surface area contributed by atoms with Crippen LogP contribution in [0.4, 0.5) is 0 Å². The average Bonchev–Trinajstić information content (AvgIpc) is 1.90. The van der Waals surface area contributed by atoms with Gasteiger partial charge in [-0.1, -0.05) is 6.58 Å². The molecule has 0 saturated carbocycles. The summed E-state index contributed by atoms with van der Waals surface area (Å²) in [6, 6.07) is 0. The molecular formula is C7H11NOY-2. The van der Waals surface area contributed by atoms with Gasteiger partial charge < -0.3 is 18.7 Å². The molecule has 3 heteroatoms. The van der Waals surface area contributed by atoms with Gasteiger partial charge in [-0.25, -0.2) is 0 Å². The maximum absolute atomic E-state index is 10.7. The molecule has 0 aliphatic heterocycles. The van der Waals surface area contributed by atoms with Crippen LogP contribution in [-0.2, 0) is 37.5 Å². The minimum atomic E-state index is -0.111. The van der Waals surface area contributed by atoms with E-state index in [1.165, 1.54) is 11.0 Å². The van der Waals surface area contributed by atoms with Gasteiger partial charge in [0.15, 0.2) is 0 Å². The molecule has 1 amide bonds. The quantitative estimate of drug-likeness (QED) is 0.499. The molecule has 0 heterocycles. The van der Waals surface area contributed by atoms with Gasteiger partial charge in [-0.15, -0.1) is 13.1 Å². The molecule has 2 nitrogen and oxygen atoms in total. The molecule has 10 heavy (non-hydrogen) atoms. The first kappa shape index (κ1) is 12.9. The third-order valence-corrected chi connectivity index (χ3v) is 1.03. The van der Waals surface area contributed by atoms with Gasteiger partial charge in [0.25, 0.3) is 0 Å². The number of hydrogen-bond acceptors (Lipinski definition) is 1. The van der Waals surface area contributed by atoms with Gasteiger partial charge in [0.2, 0.25) is 5.91 Å². The minimum absolute atomic E-state index is 0. The summed E-state index contributed by atoms with van der Waals surface area (Å²) in [5, 5.41) is 0. The van der Waals surface area contributed by atoms with Crippen molar-refractivity contribution < 1.29 is 37.5 Å². The molecule has 55 valence electrons. The maximum atomic E-state index is 10.7. The summed E-state index contributed by atoms with van der Waals surface area (Å²) in [6.07, 6.45) is 1.26. The van der Waals surface area contributed by atoms with Gasteiger partial charge in [-0.2, -0.15) is 0 Å². The van der Waals surface area contributed by atoms with E-state index in [2.05, 4.69) is 20.4 Å². The molecule has 0 spiro atoms. The van der Waals surface area contributed by atoms with E-state index in [0.717, 1.165) is 0 Å². The number of hydrogen-bond donors (Lipinski definition) is 0. The SMILES string of the molecule is C=CC(=O)N(C[CH2-])C[CH2-].[Y]. The van der Waals surface area contributed by atoms with Gasteiger partial charge in [-0.05, 0) is 6.08 Å². The number of rotatable bonds is 3. The summed E-state index contributed by atoms with van der Waals surface area (Å²) in [5.74, 6) is -0.111. The Hall–Kier alpha value is 0.314. The first-order chi connectivity index (χ1) is 4.26. The fraction of sp³-hybridized carbons (Fsp3) is 0.286. The summed E-state index contributed by atoms with van der Waals surface area (Å²) in [4.78, 5) is 12.2. The van der Waals surface area contributed by atoms with Crippen LogP contribution in [0.15, 0.2) is 12.7 Å². The molecule has 0 aromatic carbocycles. The summed E-state index contributed by atoms with van der Waals surface area (Å²) < 4.78 is 0. The monoisotopic (exact) mass is 214 g/mol. The Morgan fingerprint density at radius 3 is 2.00 bits per heavy atom. The van der Waals surface area contributed by atoms with Crippen molar-refractivity contribution in [3.63, 3.8) is 0 Å². The molecule has 0 saturated heterocycles. The Morgan fingerprint density at radius 2 is 1.90 bits per heavy atom. The Bertz CT molecular complexity index is 110. The predicted octanol–water partition coefficient (Wildman–Crippen LogP) is 0.667. The fourth-order valence-corrected chi connectivity index (χ4v) is 0.461. The third kappa shape index (κ3) is 4.18. The van der Waals surface area contributed by atoms with Crippen molar-refractivity contribution >= 4 is 5.91 Å². The second-order valence-electron chi connectivity index (χ2n) is 1.53. The van der Waals surface area contributed by atoms with Crippen LogP contribution < -0.4 is 0 Å². The van der Waals surface area contributed by atoms with E-state index in [1.807, 2.05) is 0 Å². The van der Waals surface area contributed by atoms with Crippen LogP contribution in [0.25, 0.3) is 0 Å². The third-order valence-electron chi connectivity index (χ3n) is 1.03. The Kier molecular flexibility index (Phi) is 9.61. The van der Waals surface area contributed by atoms with Crippen molar-refractivity contribution in [2.24, 2.45) is 0 Å². The van der Waals surface area contributed by atoms with Crippen molar-refractivity contribution in [1.29, 1.82) is 0 Å². The van der Waals surface area contributed by atoms with E-state index >= 15 is 0 Å². The second-order valence-corrected chi connectivity index (χ2v) is 1.53. The Labute approximate surface area is 87.5 Å². The van der Waals surface area contributed by atoms with Crippen LogP contribution in [0.1, 0.15) is 0 Å². The maximum Gasteiger partial charge on any atom is 0.241 e. The largest absolute Gasteiger partial charge is 0.399 e. The number of amides is 1. The van der Waals surface area contributed by atoms with Crippen molar-refractivity contribution in [1.82, 2.24) is 4.90 Å². The molecule has 0 rings (SSSR count). The smallest absolute Gasteiger partial charge is 0.241 e. The van der Waals surface area contributed by atoms with E-state index in [-0.39, 0.29) is 38.6 Å². The van der Waals surface area contributed by atoms with Crippen LogP contribution in [-0.4, -0.2) is 23.9 Å². The van der Waals surface area contributed by atoms with Gasteiger partial charge in [0, 0.05) is 32.7 Å².